The Hall–Kier alpha value is -3.55. The van der Waals surface area contributed by atoms with Crippen molar-refractivity contribution in [2.45, 2.75) is 68.2 Å². The van der Waals surface area contributed by atoms with Gasteiger partial charge in [0.2, 0.25) is 11.8 Å². The number of aliphatic hydroxyl groups is 1. The highest BCUT2D eigenvalue weighted by Gasteiger charge is 2.63. The number of benzene rings is 2. The van der Waals surface area contributed by atoms with Crippen LogP contribution in [0.15, 0.2) is 42.5 Å². The van der Waals surface area contributed by atoms with E-state index in [1.165, 1.54) is 6.07 Å². The molecular formula is C30H29ClF2N4O4. The predicted molar refractivity (Wildman–Crippen MR) is 144 cm³/mol. The summed E-state index contributed by atoms with van der Waals surface area (Å²) in [5.41, 5.74) is -0.546. The molecule has 3 heterocycles. The Labute approximate surface area is 240 Å². The van der Waals surface area contributed by atoms with Gasteiger partial charge in [-0.05, 0) is 55.4 Å². The van der Waals surface area contributed by atoms with Crippen LogP contribution in [0, 0.1) is 23.2 Å². The van der Waals surface area contributed by atoms with E-state index in [0.717, 1.165) is 11.3 Å². The van der Waals surface area contributed by atoms with Gasteiger partial charge in [0.25, 0.3) is 11.8 Å². The second-order valence-corrected chi connectivity index (χ2v) is 11.9. The molecule has 0 aromatic heterocycles. The number of nitrogens with one attached hydrogen (secondary N) is 2. The molecule has 5 aliphatic rings. The summed E-state index contributed by atoms with van der Waals surface area (Å²) in [7, 11) is 0. The van der Waals surface area contributed by atoms with Crippen molar-refractivity contribution in [1.82, 2.24) is 15.5 Å². The van der Waals surface area contributed by atoms with Crippen LogP contribution in [0.4, 0.5) is 8.78 Å². The molecule has 1 saturated carbocycles. The smallest absolute Gasteiger partial charge is 0.264 e. The molecule has 8 nitrogen and oxygen atoms in total. The molecule has 0 spiro atoms. The summed E-state index contributed by atoms with van der Waals surface area (Å²) in [4.78, 5) is 41.6. The van der Waals surface area contributed by atoms with Crippen LogP contribution in [0.3, 0.4) is 0 Å². The Morgan fingerprint density at radius 1 is 1.17 bits per heavy atom. The third kappa shape index (κ3) is 4.37. The SMILES string of the molecule is N#C[C@H](C[C@H]1CCCNC1=O)NC(=O)[C@H]1[C@H]2CC[C@H](CC2(F)F)N1C(=O)C1(O)c2ccccc2-c2ccc(Cl)cc21. The Bertz CT molecular complexity index is 1480. The summed E-state index contributed by atoms with van der Waals surface area (Å²) >= 11 is 6.27. The van der Waals surface area contributed by atoms with E-state index in [2.05, 4.69) is 10.6 Å². The third-order valence-corrected chi connectivity index (χ3v) is 9.35. The normalized spacial score (nSPS) is 30.0. The van der Waals surface area contributed by atoms with Crippen LogP contribution in [0.5, 0.6) is 0 Å². The highest BCUT2D eigenvalue weighted by Crippen LogP contribution is 2.54. The zero-order valence-electron chi connectivity index (χ0n) is 22.1. The fourth-order valence-electron chi connectivity index (χ4n) is 7.19. The van der Waals surface area contributed by atoms with Gasteiger partial charge >= 0.3 is 0 Å². The van der Waals surface area contributed by atoms with Crippen LogP contribution >= 0.6 is 11.6 Å². The molecule has 41 heavy (non-hydrogen) atoms. The van der Waals surface area contributed by atoms with Gasteiger partial charge in [-0.25, -0.2) is 8.78 Å². The summed E-state index contributed by atoms with van der Waals surface area (Å²) in [6.45, 7) is 0.538. The minimum atomic E-state index is -3.22. The topological polar surface area (TPSA) is 123 Å². The standard InChI is InChI=1S/C30H29ClF2N4O4/c31-17-7-9-21-20-5-1-2-6-22(20)30(41,24(21)13-17)28(40)37-19-8-10-23(29(32,33)14-19)25(37)27(39)36-18(15-34)12-16-4-3-11-35-26(16)38/h1-2,5-7,9,13,16,18-19,23,25,41H,3-4,8,10-12,14H2,(H,35,38)(H,36,39)/t16-,18+,19-,23-,25-,30?/m1/s1. The van der Waals surface area contributed by atoms with E-state index in [1.54, 1.807) is 36.4 Å². The molecule has 4 fully saturated rings. The second kappa shape index (κ2) is 10.1. The molecular weight excluding hydrogens is 554 g/mol. The molecule has 2 aromatic rings. The molecule has 3 amide bonds. The summed E-state index contributed by atoms with van der Waals surface area (Å²) in [5, 5.41) is 27.6. The first kappa shape index (κ1) is 27.6. The number of piperidine rings is 3. The first-order valence-corrected chi connectivity index (χ1v) is 14.2. The van der Waals surface area contributed by atoms with Crippen molar-refractivity contribution < 1.29 is 28.3 Å². The molecule has 3 aliphatic heterocycles. The molecule has 2 aromatic carbocycles. The van der Waals surface area contributed by atoms with Gasteiger partial charge in [0.05, 0.1) is 12.0 Å². The Balaban J connectivity index is 1.36. The number of amides is 3. The number of carbonyl (C=O) groups excluding carboxylic acids is 3. The molecule has 214 valence electrons. The second-order valence-electron chi connectivity index (χ2n) is 11.5. The van der Waals surface area contributed by atoms with Crippen molar-refractivity contribution >= 4 is 29.3 Å². The van der Waals surface area contributed by atoms with E-state index in [0.29, 0.717) is 24.1 Å². The van der Waals surface area contributed by atoms with Gasteiger partial charge in [0, 0.05) is 41.1 Å². The van der Waals surface area contributed by atoms with Crippen LogP contribution in [-0.4, -0.2) is 58.3 Å². The molecule has 3 N–H and O–H groups in total. The lowest BCUT2D eigenvalue weighted by Gasteiger charge is -2.54. The van der Waals surface area contributed by atoms with E-state index < -0.39 is 59.7 Å². The highest BCUT2D eigenvalue weighted by molar-refractivity contribution is 6.31. The number of nitrogens with zero attached hydrogens (tertiary/aromatic N) is 2. The largest absolute Gasteiger partial charge is 0.372 e. The van der Waals surface area contributed by atoms with Crippen molar-refractivity contribution in [3.63, 3.8) is 0 Å². The van der Waals surface area contributed by atoms with Crippen LogP contribution < -0.4 is 10.6 Å². The minimum absolute atomic E-state index is 0.0131. The summed E-state index contributed by atoms with van der Waals surface area (Å²) < 4.78 is 30.6. The number of carbonyl (C=O) groups is 3. The van der Waals surface area contributed by atoms with Gasteiger partial charge < -0.3 is 20.6 Å². The fourth-order valence-corrected chi connectivity index (χ4v) is 7.36. The van der Waals surface area contributed by atoms with Crippen LogP contribution in [0.1, 0.15) is 49.7 Å². The van der Waals surface area contributed by atoms with Gasteiger partial charge in [0.15, 0.2) is 5.60 Å². The summed E-state index contributed by atoms with van der Waals surface area (Å²) in [6.07, 6.45) is 0.943. The lowest BCUT2D eigenvalue weighted by Crippen LogP contribution is -2.70. The van der Waals surface area contributed by atoms with Gasteiger partial charge in [-0.2, -0.15) is 5.26 Å². The van der Waals surface area contributed by atoms with Gasteiger partial charge in [-0.15, -0.1) is 0 Å². The molecule has 6 atom stereocenters. The molecule has 2 bridgehead atoms. The van der Waals surface area contributed by atoms with Crippen molar-refractivity contribution in [2.24, 2.45) is 11.8 Å². The summed E-state index contributed by atoms with van der Waals surface area (Å²) in [5.74, 6) is -7.19. The third-order valence-electron chi connectivity index (χ3n) is 9.12. The monoisotopic (exact) mass is 582 g/mol. The number of nitriles is 1. The van der Waals surface area contributed by atoms with Crippen LogP contribution in [0.2, 0.25) is 5.02 Å². The van der Waals surface area contributed by atoms with Gasteiger partial charge in [-0.3, -0.25) is 14.4 Å². The number of alkyl halides is 2. The lowest BCUT2D eigenvalue weighted by atomic mass is 9.70. The number of rotatable bonds is 5. The van der Waals surface area contributed by atoms with E-state index in [4.69, 9.17) is 11.6 Å². The lowest BCUT2D eigenvalue weighted by molar-refractivity contribution is -0.201. The van der Waals surface area contributed by atoms with Crippen LogP contribution in [0.25, 0.3) is 11.1 Å². The molecule has 2 aliphatic carbocycles. The molecule has 3 saturated heterocycles. The maximum Gasteiger partial charge on any atom is 0.264 e. The Kier molecular flexibility index (Phi) is 6.78. The zero-order valence-corrected chi connectivity index (χ0v) is 22.8. The van der Waals surface area contributed by atoms with Gasteiger partial charge in [-0.1, -0.05) is 41.9 Å². The average Bonchev–Trinajstić information content (AvgIpc) is 3.21. The van der Waals surface area contributed by atoms with Crippen molar-refractivity contribution in [1.29, 1.82) is 5.26 Å². The zero-order chi connectivity index (χ0) is 29.1. The van der Waals surface area contributed by atoms with Crippen LogP contribution in [-0.2, 0) is 20.0 Å². The van der Waals surface area contributed by atoms with E-state index in [-0.39, 0.29) is 41.3 Å². The van der Waals surface area contributed by atoms with Crippen molar-refractivity contribution in [3.8, 4) is 17.2 Å². The predicted octanol–water partition coefficient (Wildman–Crippen LogP) is 3.50. The van der Waals surface area contributed by atoms with E-state index in [1.807, 2.05) is 6.07 Å². The van der Waals surface area contributed by atoms with E-state index in [9.17, 15) is 24.8 Å². The Morgan fingerprint density at radius 3 is 2.66 bits per heavy atom. The quantitative estimate of drug-likeness (QED) is 0.498. The number of hydrogen-bond donors (Lipinski definition) is 3. The summed E-state index contributed by atoms with van der Waals surface area (Å²) in [6, 6.07) is 9.88. The number of fused-ring (bicyclic) bond motifs is 6. The molecule has 0 radical (unpaired) electrons. The van der Waals surface area contributed by atoms with Crippen molar-refractivity contribution in [2.75, 3.05) is 6.54 Å². The number of halogens is 3. The first-order valence-electron chi connectivity index (χ1n) is 13.9. The molecule has 7 rings (SSSR count). The highest BCUT2D eigenvalue weighted by atomic mass is 35.5. The maximum absolute atomic E-state index is 15.3. The number of hydrogen-bond acceptors (Lipinski definition) is 5. The average molecular weight is 583 g/mol. The minimum Gasteiger partial charge on any atom is -0.372 e. The van der Waals surface area contributed by atoms with E-state index >= 15 is 8.78 Å². The molecule has 1 unspecified atom stereocenters. The fraction of sp³-hybridized carbons (Fsp3) is 0.467. The maximum atomic E-state index is 15.3. The van der Waals surface area contributed by atoms with Gasteiger partial charge in [0.1, 0.15) is 12.1 Å². The van der Waals surface area contributed by atoms with Crippen molar-refractivity contribution in [3.05, 3.63) is 58.6 Å². The molecule has 11 heteroatoms. The Morgan fingerprint density at radius 2 is 1.93 bits per heavy atom. The first-order chi connectivity index (χ1) is 19.6.